The Balaban J connectivity index is 3.13. The average Bonchev–Trinajstić information content (AvgIpc) is 2.27. The average molecular weight is 230 g/mol. The summed E-state index contributed by atoms with van der Waals surface area (Å²) in [5, 5.41) is 1.38. The molecule has 0 atom stereocenters. The molecule has 0 aromatic heterocycles. The summed E-state index contributed by atoms with van der Waals surface area (Å²) in [5.41, 5.74) is 5.75. The van der Waals surface area contributed by atoms with Crippen molar-refractivity contribution in [2.24, 2.45) is 0 Å². The molecule has 0 bridgehead atoms. The molecule has 16 heavy (non-hydrogen) atoms. The van der Waals surface area contributed by atoms with Gasteiger partial charge in [0, 0.05) is 0 Å². The van der Waals surface area contributed by atoms with E-state index in [2.05, 4.69) is 76.1 Å². The van der Waals surface area contributed by atoms with Gasteiger partial charge >= 0.3 is 0 Å². The SMILES string of the molecule is C=C[Si](C)(C=C)c1ccc(C(C)(C)C)cc1. The molecule has 0 aliphatic heterocycles. The largest absolute Gasteiger partial charge is 0.129 e. The fourth-order valence-electron chi connectivity index (χ4n) is 1.65. The summed E-state index contributed by atoms with van der Waals surface area (Å²) in [6, 6.07) is 8.92. The third-order valence-corrected chi connectivity index (χ3v) is 6.49. The molecule has 86 valence electrons. The maximum Gasteiger partial charge on any atom is 0.129 e. The molecule has 0 spiro atoms. The van der Waals surface area contributed by atoms with Gasteiger partial charge in [-0.1, -0.05) is 68.2 Å². The summed E-state index contributed by atoms with van der Waals surface area (Å²) in [6.45, 7) is 16.9. The van der Waals surface area contributed by atoms with Crippen molar-refractivity contribution in [1.82, 2.24) is 0 Å². The maximum absolute atomic E-state index is 3.94. The Morgan fingerprint density at radius 3 is 1.75 bits per heavy atom. The molecule has 0 N–H and O–H groups in total. The van der Waals surface area contributed by atoms with Gasteiger partial charge in [-0.05, 0) is 11.0 Å². The van der Waals surface area contributed by atoms with Crippen LogP contribution in [0.25, 0.3) is 0 Å². The zero-order chi connectivity index (χ0) is 12.4. The quantitative estimate of drug-likeness (QED) is 0.694. The van der Waals surface area contributed by atoms with Crippen LogP contribution in [0.5, 0.6) is 0 Å². The Morgan fingerprint density at radius 1 is 1.00 bits per heavy atom. The van der Waals surface area contributed by atoms with E-state index in [0.29, 0.717) is 0 Å². The molecule has 0 saturated heterocycles. The Bertz CT molecular complexity index is 371. The van der Waals surface area contributed by atoms with Crippen LogP contribution >= 0.6 is 0 Å². The van der Waals surface area contributed by atoms with E-state index in [-0.39, 0.29) is 5.41 Å². The smallest absolute Gasteiger partial charge is 0.106 e. The second-order valence-electron chi connectivity index (χ2n) is 5.52. The topological polar surface area (TPSA) is 0 Å². The first-order valence-electron chi connectivity index (χ1n) is 5.72. The first-order chi connectivity index (χ1) is 7.33. The first kappa shape index (κ1) is 13.0. The zero-order valence-electron chi connectivity index (χ0n) is 10.9. The van der Waals surface area contributed by atoms with E-state index in [1.54, 1.807) is 0 Å². The summed E-state index contributed by atoms with van der Waals surface area (Å²) >= 11 is 0. The highest BCUT2D eigenvalue weighted by Gasteiger charge is 2.22. The Labute approximate surface area is 101 Å². The van der Waals surface area contributed by atoms with Crippen LogP contribution in [-0.2, 0) is 5.41 Å². The number of hydrogen-bond donors (Lipinski definition) is 0. The van der Waals surface area contributed by atoms with Crippen molar-refractivity contribution < 1.29 is 0 Å². The van der Waals surface area contributed by atoms with Crippen LogP contribution in [0, 0.1) is 0 Å². The van der Waals surface area contributed by atoms with Crippen molar-refractivity contribution in [3.8, 4) is 0 Å². The predicted molar refractivity (Wildman–Crippen MR) is 76.8 cm³/mol. The van der Waals surface area contributed by atoms with E-state index in [1.165, 1.54) is 10.8 Å². The van der Waals surface area contributed by atoms with Crippen molar-refractivity contribution in [3.63, 3.8) is 0 Å². The van der Waals surface area contributed by atoms with Crippen LogP contribution in [-0.4, -0.2) is 8.07 Å². The van der Waals surface area contributed by atoms with E-state index < -0.39 is 8.07 Å². The monoisotopic (exact) mass is 230 g/mol. The highest BCUT2D eigenvalue weighted by Crippen LogP contribution is 2.21. The number of rotatable bonds is 3. The van der Waals surface area contributed by atoms with Gasteiger partial charge in [0.2, 0.25) is 0 Å². The molecule has 0 unspecified atom stereocenters. The number of benzene rings is 1. The summed E-state index contributed by atoms with van der Waals surface area (Å²) in [6.07, 6.45) is 0. The zero-order valence-corrected chi connectivity index (χ0v) is 11.9. The molecule has 0 aliphatic rings. The molecule has 0 amide bonds. The lowest BCUT2D eigenvalue weighted by molar-refractivity contribution is 0.590. The fraction of sp³-hybridized carbons (Fsp3) is 0.333. The second kappa shape index (κ2) is 4.42. The van der Waals surface area contributed by atoms with E-state index in [1.807, 2.05) is 0 Å². The van der Waals surface area contributed by atoms with Gasteiger partial charge in [-0.2, -0.15) is 0 Å². The predicted octanol–water partition coefficient (Wildman–Crippen LogP) is 3.72. The summed E-state index contributed by atoms with van der Waals surface area (Å²) in [7, 11) is -1.63. The Kier molecular flexibility index (Phi) is 3.59. The van der Waals surface area contributed by atoms with Crippen LogP contribution in [0.2, 0.25) is 6.55 Å². The minimum absolute atomic E-state index is 0.221. The lowest BCUT2D eigenvalue weighted by atomic mass is 9.87. The van der Waals surface area contributed by atoms with Crippen LogP contribution in [0.3, 0.4) is 0 Å². The second-order valence-corrected chi connectivity index (χ2v) is 9.48. The Morgan fingerprint density at radius 2 is 1.44 bits per heavy atom. The Hall–Kier alpha value is -1.08. The lowest BCUT2D eigenvalue weighted by Gasteiger charge is -2.23. The normalized spacial score (nSPS) is 12.2. The van der Waals surface area contributed by atoms with Gasteiger partial charge in [0.1, 0.15) is 8.07 Å². The van der Waals surface area contributed by atoms with Gasteiger partial charge in [-0.15, -0.1) is 13.2 Å². The molecular weight excluding hydrogens is 208 g/mol. The standard InChI is InChI=1S/C15H22Si/c1-7-16(6,8-2)14-11-9-13(10-12-14)15(3,4)5/h7-12H,1-2H2,3-6H3. The van der Waals surface area contributed by atoms with Gasteiger partial charge < -0.3 is 0 Å². The molecule has 1 aromatic carbocycles. The van der Waals surface area contributed by atoms with Gasteiger partial charge in [0.25, 0.3) is 0 Å². The molecular formula is C15H22Si. The van der Waals surface area contributed by atoms with E-state index in [9.17, 15) is 0 Å². The van der Waals surface area contributed by atoms with E-state index in [0.717, 1.165) is 0 Å². The molecule has 0 heterocycles. The summed E-state index contributed by atoms with van der Waals surface area (Å²) in [5.74, 6) is 0. The van der Waals surface area contributed by atoms with Gasteiger partial charge in [-0.3, -0.25) is 0 Å². The number of hydrogen-bond acceptors (Lipinski definition) is 0. The molecule has 1 rings (SSSR count). The maximum atomic E-state index is 3.94. The molecule has 0 saturated carbocycles. The van der Waals surface area contributed by atoms with E-state index in [4.69, 9.17) is 0 Å². The minimum atomic E-state index is -1.63. The molecule has 0 nitrogen and oxygen atoms in total. The van der Waals surface area contributed by atoms with Crippen molar-refractivity contribution in [3.05, 3.63) is 54.4 Å². The van der Waals surface area contributed by atoms with Crippen LogP contribution in [0.4, 0.5) is 0 Å². The highest BCUT2D eigenvalue weighted by molar-refractivity contribution is 6.98. The third kappa shape index (κ3) is 2.53. The van der Waals surface area contributed by atoms with Gasteiger partial charge in [0.15, 0.2) is 0 Å². The van der Waals surface area contributed by atoms with Crippen molar-refractivity contribution in [2.75, 3.05) is 0 Å². The van der Waals surface area contributed by atoms with Gasteiger partial charge in [-0.25, -0.2) is 0 Å². The molecule has 0 aliphatic carbocycles. The van der Waals surface area contributed by atoms with Crippen molar-refractivity contribution in [2.45, 2.75) is 32.7 Å². The highest BCUT2D eigenvalue weighted by atomic mass is 28.3. The van der Waals surface area contributed by atoms with Crippen molar-refractivity contribution >= 4 is 13.3 Å². The van der Waals surface area contributed by atoms with Crippen LogP contribution < -0.4 is 5.19 Å². The lowest BCUT2D eigenvalue weighted by Crippen LogP contribution is -2.40. The first-order valence-corrected chi connectivity index (χ1v) is 8.37. The van der Waals surface area contributed by atoms with E-state index >= 15 is 0 Å². The molecule has 0 fully saturated rings. The van der Waals surface area contributed by atoms with Gasteiger partial charge in [0.05, 0.1) is 0 Å². The minimum Gasteiger partial charge on any atom is -0.106 e. The van der Waals surface area contributed by atoms with Crippen LogP contribution in [0.1, 0.15) is 26.3 Å². The molecule has 1 heteroatoms. The summed E-state index contributed by atoms with van der Waals surface area (Å²) in [4.78, 5) is 0. The van der Waals surface area contributed by atoms with Crippen molar-refractivity contribution in [1.29, 1.82) is 0 Å². The fourth-order valence-corrected chi connectivity index (χ4v) is 3.17. The summed E-state index contributed by atoms with van der Waals surface area (Å²) < 4.78 is 0. The molecule has 0 radical (unpaired) electrons. The molecule has 1 aromatic rings. The third-order valence-electron chi connectivity index (χ3n) is 3.22. The van der Waals surface area contributed by atoms with Crippen LogP contribution in [0.15, 0.2) is 48.8 Å².